The summed E-state index contributed by atoms with van der Waals surface area (Å²) in [5.41, 5.74) is 1.19. The lowest BCUT2D eigenvalue weighted by atomic mass is 10.2. The van der Waals surface area contributed by atoms with Crippen LogP contribution >= 0.6 is 11.6 Å². The molecule has 2 aromatic rings. The van der Waals surface area contributed by atoms with Gasteiger partial charge in [0.15, 0.2) is 0 Å². The van der Waals surface area contributed by atoms with Gasteiger partial charge in [-0.2, -0.15) is 0 Å². The van der Waals surface area contributed by atoms with E-state index in [1.54, 1.807) is 24.5 Å². The van der Waals surface area contributed by atoms with Crippen molar-refractivity contribution in [1.82, 2.24) is 4.98 Å². The normalized spacial score (nSPS) is 11.9. The SMILES string of the molecule is C[S@@](=O)Cc1cc(Nc2ncccc2[N+](=O)[O-])ccc1Cl. The number of benzene rings is 1. The van der Waals surface area contributed by atoms with Crippen molar-refractivity contribution >= 4 is 39.6 Å². The highest BCUT2D eigenvalue weighted by Gasteiger charge is 2.14. The maximum atomic E-state index is 11.3. The van der Waals surface area contributed by atoms with Crippen LogP contribution in [0.4, 0.5) is 17.2 Å². The first-order valence-electron chi connectivity index (χ1n) is 5.92. The van der Waals surface area contributed by atoms with Gasteiger partial charge in [-0.1, -0.05) is 11.6 Å². The van der Waals surface area contributed by atoms with Crippen LogP contribution in [0.15, 0.2) is 36.5 Å². The van der Waals surface area contributed by atoms with Crippen LogP contribution in [0.25, 0.3) is 0 Å². The molecule has 0 aliphatic carbocycles. The Balaban J connectivity index is 2.32. The van der Waals surface area contributed by atoms with Crippen molar-refractivity contribution in [2.24, 2.45) is 0 Å². The average molecular weight is 326 g/mol. The van der Waals surface area contributed by atoms with E-state index in [1.165, 1.54) is 18.3 Å². The molecule has 0 aliphatic rings. The molecule has 1 aromatic carbocycles. The lowest BCUT2D eigenvalue weighted by molar-refractivity contribution is -0.384. The van der Waals surface area contributed by atoms with E-state index in [0.717, 1.165) is 0 Å². The number of hydrogen-bond acceptors (Lipinski definition) is 5. The molecule has 0 radical (unpaired) electrons. The first-order valence-corrected chi connectivity index (χ1v) is 8.03. The molecule has 6 nitrogen and oxygen atoms in total. The van der Waals surface area contributed by atoms with Gasteiger partial charge in [0.25, 0.3) is 0 Å². The van der Waals surface area contributed by atoms with E-state index in [0.29, 0.717) is 22.0 Å². The highest BCUT2D eigenvalue weighted by atomic mass is 35.5. The van der Waals surface area contributed by atoms with E-state index in [2.05, 4.69) is 10.3 Å². The predicted molar refractivity (Wildman–Crippen MR) is 83.4 cm³/mol. The smallest absolute Gasteiger partial charge is 0.311 e. The van der Waals surface area contributed by atoms with Gasteiger partial charge in [0.05, 0.1) is 4.92 Å². The van der Waals surface area contributed by atoms with Crippen LogP contribution in [0.5, 0.6) is 0 Å². The van der Waals surface area contributed by atoms with E-state index in [-0.39, 0.29) is 11.5 Å². The van der Waals surface area contributed by atoms with Gasteiger partial charge >= 0.3 is 5.69 Å². The summed E-state index contributed by atoms with van der Waals surface area (Å²) in [6, 6.07) is 7.91. The lowest BCUT2D eigenvalue weighted by Crippen LogP contribution is -2.00. The minimum absolute atomic E-state index is 0.118. The topological polar surface area (TPSA) is 85.1 Å². The summed E-state index contributed by atoms with van der Waals surface area (Å²) >= 11 is 6.04. The number of anilines is 2. The van der Waals surface area contributed by atoms with Crippen molar-refractivity contribution in [2.45, 2.75) is 5.75 Å². The summed E-state index contributed by atoms with van der Waals surface area (Å²) in [7, 11) is -1.03. The monoisotopic (exact) mass is 325 g/mol. The Morgan fingerprint density at radius 3 is 2.86 bits per heavy atom. The van der Waals surface area contributed by atoms with E-state index >= 15 is 0 Å². The fourth-order valence-electron chi connectivity index (χ4n) is 1.76. The number of rotatable bonds is 5. The number of nitrogens with one attached hydrogen (secondary N) is 1. The number of nitrogens with zero attached hydrogens (tertiary/aromatic N) is 2. The van der Waals surface area contributed by atoms with Crippen molar-refractivity contribution < 1.29 is 9.13 Å². The Morgan fingerprint density at radius 1 is 1.43 bits per heavy atom. The third-order valence-corrected chi connectivity index (χ3v) is 3.74. The van der Waals surface area contributed by atoms with Crippen LogP contribution in [0.3, 0.4) is 0 Å². The summed E-state index contributed by atoms with van der Waals surface area (Å²) in [6.07, 6.45) is 3.05. The average Bonchev–Trinajstić information content (AvgIpc) is 2.42. The van der Waals surface area contributed by atoms with Gasteiger partial charge in [0, 0.05) is 45.8 Å². The first kappa shape index (κ1) is 15.4. The zero-order valence-electron chi connectivity index (χ0n) is 11.1. The summed E-state index contributed by atoms with van der Waals surface area (Å²) in [6.45, 7) is 0. The van der Waals surface area contributed by atoms with Crippen molar-refractivity contribution in [3.05, 3.63) is 57.2 Å². The molecule has 0 spiro atoms. The van der Waals surface area contributed by atoms with E-state index < -0.39 is 15.7 Å². The molecule has 0 unspecified atom stereocenters. The van der Waals surface area contributed by atoms with Crippen LogP contribution in [0, 0.1) is 10.1 Å². The molecule has 0 aliphatic heterocycles. The van der Waals surface area contributed by atoms with E-state index in [1.807, 2.05) is 0 Å². The second kappa shape index (κ2) is 6.64. The number of nitro groups is 1. The van der Waals surface area contributed by atoms with Gasteiger partial charge in [-0.25, -0.2) is 4.98 Å². The molecule has 0 saturated heterocycles. The van der Waals surface area contributed by atoms with Crippen LogP contribution in [0.2, 0.25) is 5.02 Å². The summed E-state index contributed by atoms with van der Waals surface area (Å²) in [5.74, 6) is 0.465. The number of aromatic nitrogens is 1. The second-order valence-corrected chi connectivity index (χ2v) is 6.12. The molecule has 0 bridgehead atoms. The third kappa shape index (κ3) is 3.99. The van der Waals surface area contributed by atoms with Crippen molar-refractivity contribution in [3.8, 4) is 0 Å². The van der Waals surface area contributed by atoms with E-state index in [4.69, 9.17) is 11.6 Å². The fourth-order valence-corrected chi connectivity index (χ4v) is 2.70. The maximum Gasteiger partial charge on any atom is 0.311 e. The highest BCUT2D eigenvalue weighted by molar-refractivity contribution is 7.83. The van der Waals surface area contributed by atoms with Gasteiger partial charge < -0.3 is 5.32 Å². The predicted octanol–water partition coefficient (Wildman–Crippen LogP) is 3.27. The first-order chi connectivity index (χ1) is 9.97. The second-order valence-electron chi connectivity index (χ2n) is 4.28. The molecule has 0 saturated carbocycles. The Morgan fingerprint density at radius 2 is 2.19 bits per heavy atom. The van der Waals surface area contributed by atoms with Gasteiger partial charge in [-0.05, 0) is 29.8 Å². The largest absolute Gasteiger partial charge is 0.334 e. The number of halogens is 1. The van der Waals surface area contributed by atoms with Gasteiger partial charge in [0.1, 0.15) is 0 Å². The molecule has 21 heavy (non-hydrogen) atoms. The van der Waals surface area contributed by atoms with E-state index in [9.17, 15) is 14.3 Å². The van der Waals surface area contributed by atoms with Crippen LogP contribution in [0.1, 0.15) is 5.56 Å². The molecular formula is C13H12ClN3O3S. The van der Waals surface area contributed by atoms with Gasteiger partial charge in [-0.3, -0.25) is 14.3 Å². The van der Waals surface area contributed by atoms with Gasteiger partial charge in [-0.15, -0.1) is 0 Å². The number of hydrogen-bond donors (Lipinski definition) is 1. The van der Waals surface area contributed by atoms with Crippen molar-refractivity contribution in [2.75, 3.05) is 11.6 Å². The molecule has 1 N–H and O–H groups in total. The molecule has 0 amide bonds. The molecule has 8 heteroatoms. The van der Waals surface area contributed by atoms with Gasteiger partial charge in [0.2, 0.25) is 5.82 Å². The quantitative estimate of drug-likeness (QED) is 0.673. The lowest BCUT2D eigenvalue weighted by Gasteiger charge is -2.09. The van der Waals surface area contributed by atoms with Crippen LogP contribution < -0.4 is 5.32 Å². The molecule has 1 heterocycles. The molecule has 1 atom stereocenters. The Hall–Kier alpha value is -1.99. The Labute approximate surface area is 128 Å². The zero-order valence-corrected chi connectivity index (χ0v) is 12.6. The molecule has 0 fully saturated rings. The zero-order chi connectivity index (χ0) is 15.4. The fraction of sp³-hybridized carbons (Fsp3) is 0.154. The molecule has 2 rings (SSSR count). The minimum Gasteiger partial charge on any atom is -0.334 e. The number of pyridine rings is 1. The molecular weight excluding hydrogens is 314 g/mol. The Bertz CT molecular complexity index is 709. The minimum atomic E-state index is -1.03. The summed E-state index contributed by atoms with van der Waals surface area (Å²) in [4.78, 5) is 14.4. The third-order valence-electron chi connectivity index (χ3n) is 2.65. The van der Waals surface area contributed by atoms with Crippen LogP contribution in [-0.4, -0.2) is 20.4 Å². The highest BCUT2D eigenvalue weighted by Crippen LogP contribution is 2.27. The van der Waals surface area contributed by atoms with Crippen molar-refractivity contribution in [1.29, 1.82) is 0 Å². The molecule has 1 aromatic heterocycles. The van der Waals surface area contributed by atoms with Crippen LogP contribution in [-0.2, 0) is 16.6 Å². The Kier molecular flexibility index (Phi) is 4.87. The molecule has 110 valence electrons. The van der Waals surface area contributed by atoms with Crippen molar-refractivity contribution in [3.63, 3.8) is 0 Å². The summed E-state index contributed by atoms with van der Waals surface area (Å²) in [5, 5.41) is 14.3. The summed E-state index contributed by atoms with van der Waals surface area (Å²) < 4.78 is 11.3. The maximum absolute atomic E-state index is 11.3. The standard InChI is InChI=1S/C13H12ClN3O3S/c1-21(20)8-9-7-10(4-5-11(9)14)16-13-12(17(18)19)3-2-6-15-13/h2-7H,8H2,1H3,(H,15,16)/t21-/m1/s1.